The summed E-state index contributed by atoms with van der Waals surface area (Å²) in [5, 5.41) is 0. The molecule has 0 rings (SSSR count). The fraction of sp³-hybridized carbons (Fsp3) is 0.929. The number of unbranched alkanes of at least 4 members (excludes halogenated alkanes) is 4. The zero-order valence-electron chi connectivity index (χ0n) is 10.8. The Morgan fingerprint density at radius 1 is 1.00 bits per heavy atom. The molecule has 0 aromatic rings. The molecular formula is C14H28O. The van der Waals surface area contributed by atoms with E-state index in [1.807, 2.05) is 0 Å². The van der Waals surface area contributed by atoms with Gasteiger partial charge in [0.2, 0.25) is 0 Å². The summed E-state index contributed by atoms with van der Waals surface area (Å²) in [5.41, 5.74) is 0. The Kier molecular flexibility index (Phi) is 9.97. The molecule has 15 heavy (non-hydrogen) atoms. The maximum Gasteiger partial charge on any atom is 0.133 e. The van der Waals surface area contributed by atoms with E-state index in [2.05, 4.69) is 20.8 Å². The molecule has 0 bridgehead atoms. The Hall–Kier alpha value is -0.330. The van der Waals surface area contributed by atoms with Crippen molar-refractivity contribution in [3.63, 3.8) is 0 Å². The molecule has 0 saturated heterocycles. The van der Waals surface area contributed by atoms with Crippen LogP contribution in [0.2, 0.25) is 0 Å². The molecule has 0 aliphatic rings. The molecule has 0 radical (unpaired) electrons. The predicted molar refractivity (Wildman–Crippen MR) is 67.1 cm³/mol. The molecule has 0 aliphatic heterocycles. The molecule has 1 nitrogen and oxygen atoms in total. The van der Waals surface area contributed by atoms with Crippen molar-refractivity contribution in [2.75, 3.05) is 0 Å². The van der Waals surface area contributed by atoms with Gasteiger partial charge in [0.15, 0.2) is 0 Å². The van der Waals surface area contributed by atoms with Gasteiger partial charge in [0.05, 0.1) is 0 Å². The van der Waals surface area contributed by atoms with Crippen molar-refractivity contribution in [2.24, 2.45) is 5.92 Å². The minimum Gasteiger partial charge on any atom is -0.300 e. The average molecular weight is 212 g/mol. The highest BCUT2D eigenvalue weighted by molar-refractivity contribution is 5.78. The van der Waals surface area contributed by atoms with Gasteiger partial charge in [-0.3, -0.25) is 4.79 Å². The van der Waals surface area contributed by atoms with E-state index in [9.17, 15) is 4.79 Å². The Morgan fingerprint density at radius 3 is 2.20 bits per heavy atom. The van der Waals surface area contributed by atoms with Crippen LogP contribution in [0.25, 0.3) is 0 Å². The highest BCUT2D eigenvalue weighted by Gasteiger charge is 2.08. The summed E-state index contributed by atoms with van der Waals surface area (Å²) in [6, 6.07) is 0. The van der Waals surface area contributed by atoms with Crippen molar-refractivity contribution in [1.82, 2.24) is 0 Å². The summed E-state index contributed by atoms with van der Waals surface area (Å²) < 4.78 is 0. The molecule has 1 atom stereocenters. The molecule has 0 aliphatic carbocycles. The molecule has 0 fully saturated rings. The molecule has 1 heteroatoms. The largest absolute Gasteiger partial charge is 0.300 e. The number of hydrogen-bond acceptors (Lipinski definition) is 1. The number of carbonyl (C=O) groups is 1. The lowest BCUT2D eigenvalue weighted by atomic mass is 9.96. The topological polar surface area (TPSA) is 17.1 Å². The Balaban J connectivity index is 3.40. The van der Waals surface area contributed by atoms with Crippen LogP contribution in [-0.4, -0.2) is 5.78 Å². The molecular weight excluding hydrogens is 184 g/mol. The second-order valence-corrected chi connectivity index (χ2v) is 4.80. The number of ketones is 1. The normalized spacial score (nSPS) is 12.7. The van der Waals surface area contributed by atoms with Crippen LogP contribution >= 0.6 is 0 Å². The minimum absolute atomic E-state index is 0.479. The maximum absolute atomic E-state index is 11.6. The Labute approximate surface area is 95.6 Å². The van der Waals surface area contributed by atoms with Gasteiger partial charge in [0.25, 0.3) is 0 Å². The Bertz CT molecular complexity index is 151. The zero-order valence-corrected chi connectivity index (χ0v) is 10.8. The summed E-state index contributed by atoms with van der Waals surface area (Å²) in [5.74, 6) is 1.08. The molecule has 0 aromatic carbocycles. The van der Waals surface area contributed by atoms with E-state index >= 15 is 0 Å². The first kappa shape index (κ1) is 14.7. The van der Waals surface area contributed by atoms with Crippen LogP contribution < -0.4 is 0 Å². The van der Waals surface area contributed by atoms with Gasteiger partial charge in [-0.2, -0.15) is 0 Å². The second-order valence-electron chi connectivity index (χ2n) is 4.80. The SMILES string of the molecule is CCCCCC(=O)CC(C)CCCCC. The number of rotatable bonds is 10. The third-order valence-electron chi connectivity index (χ3n) is 2.94. The van der Waals surface area contributed by atoms with Crippen LogP contribution in [0.3, 0.4) is 0 Å². The third kappa shape index (κ3) is 9.96. The van der Waals surface area contributed by atoms with E-state index in [1.165, 1.54) is 38.5 Å². The maximum atomic E-state index is 11.6. The minimum atomic E-state index is 0.479. The molecule has 90 valence electrons. The molecule has 0 spiro atoms. The summed E-state index contributed by atoms with van der Waals surface area (Å²) in [6.45, 7) is 6.62. The molecule has 0 N–H and O–H groups in total. The van der Waals surface area contributed by atoms with Gasteiger partial charge in [0, 0.05) is 12.8 Å². The fourth-order valence-electron chi connectivity index (χ4n) is 1.91. The summed E-state index contributed by atoms with van der Waals surface area (Å²) in [7, 11) is 0. The fourth-order valence-corrected chi connectivity index (χ4v) is 1.91. The molecule has 1 unspecified atom stereocenters. The first-order valence-corrected chi connectivity index (χ1v) is 6.72. The lowest BCUT2D eigenvalue weighted by molar-refractivity contribution is -0.120. The lowest BCUT2D eigenvalue weighted by Gasteiger charge is -2.09. The van der Waals surface area contributed by atoms with Crippen LogP contribution in [-0.2, 0) is 4.79 Å². The van der Waals surface area contributed by atoms with Crippen LogP contribution in [0.1, 0.15) is 78.6 Å². The third-order valence-corrected chi connectivity index (χ3v) is 2.94. The zero-order chi connectivity index (χ0) is 11.5. The van der Waals surface area contributed by atoms with Gasteiger partial charge in [-0.25, -0.2) is 0 Å². The highest BCUT2D eigenvalue weighted by Crippen LogP contribution is 2.15. The lowest BCUT2D eigenvalue weighted by Crippen LogP contribution is -2.05. The van der Waals surface area contributed by atoms with Gasteiger partial charge in [-0.1, -0.05) is 59.3 Å². The van der Waals surface area contributed by atoms with E-state index in [0.717, 1.165) is 19.3 Å². The number of carbonyl (C=O) groups excluding carboxylic acids is 1. The molecule has 0 saturated carbocycles. The predicted octanol–water partition coefficient (Wildman–Crippen LogP) is 4.74. The van der Waals surface area contributed by atoms with Gasteiger partial charge >= 0.3 is 0 Å². The quantitative estimate of drug-likeness (QED) is 0.478. The van der Waals surface area contributed by atoms with Crippen LogP contribution in [0.15, 0.2) is 0 Å². The van der Waals surface area contributed by atoms with E-state index in [1.54, 1.807) is 0 Å². The van der Waals surface area contributed by atoms with E-state index in [0.29, 0.717) is 11.7 Å². The van der Waals surface area contributed by atoms with Gasteiger partial charge in [0.1, 0.15) is 5.78 Å². The molecule has 0 aromatic heterocycles. The van der Waals surface area contributed by atoms with Crippen LogP contribution in [0, 0.1) is 5.92 Å². The number of Topliss-reactive ketones (excluding diaryl/α,β-unsaturated/α-hetero) is 1. The van der Waals surface area contributed by atoms with Crippen LogP contribution in [0.4, 0.5) is 0 Å². The Morgan fingerprint density at radius 2 is 1.60 bits per heavy atom. The smallest absolute Gasteiger partial charge is 0.133 e. The van der Waals surface area contributed by atoms with Crippen molar-refractivity contribution in [3.8, 4) is 0 Å². The van der Waals surface area contributed by atoms with Gasteiger partial charge < -0.3 is 0 Å². The monoisotopic (exact) mass is 212 g/mol. The standard InChI is InChI=1S/C14H28O/c1-4-6-8-10-13(3)12-14(15)11-9-7-5-2/h13H,4-12H2,1-3H3. The van der Waals surface area contributed by atoms with Crippen molar-refractivity contribution >= 4 is 5.78 Å². The second kappa shape index (κ2) is 10.2. The van der Waals surface area contributed by atoms with Crippen molar-refractivity contribution in [3.05, 3.63) is 0 Å². The average Bonchev–Trinajstić information content (AvgIpc) is 2.18. The van der Waals surface area contributed by atoms with Crippen molar-refractivity contribution < 1.29 is 4.79 Å². The van der Waals surface area contributed by atoms with Crippen molar-refractivity contribution in [2.45, 2.75) is 78.6 Å². The first-order valence-electron chi connectivity index (χ1n) is 6.72. The highest BCUT2D eigenvalue weighted by atomic mass is 16.1. The summed E-state index contributed by atoms with van der Waals surface area (Å²) >= 11 is 0. The van der Waals surface area contributed by atoms with Crippen molar-refractivity contribution in [1.29, 1.82) is 0 Å². The van der Waals surface area contributed by atoms with E-state index in [-0.39, 0.29) is 0 Å². The summed E-state index contributed by atoms with van der Waals surface area (Å²) in [6.07, 6.45) is 10.2. The first-order chi connectivity index (χ1) is 7.20. The molecule has 0 amide bonds. The summed E-state index contributed by atoms with van der Waals surface area (Å²) in [4.78, 5) is 11.6. The molecule has 0 heterocycles. The van der Waals surface area contributed by atoms with E-state index in [4.69, 9.17) is 0 Å². The van der Waals surface area contributed by atoms with Crippen LogP contribution in [0.5, 0.6) is 0 Å². The van der Waals surface area contributed by atoms with E-state index < -0.39 is 0 Å². The number of hydrogen-bond donors (Lipinski definition) is 0. The van der Waals surface area contributed by atoms with Gasteiger partial charge in [-0.05, 0) is 12.3 Å². The van der Waals surface area contributed by atoms with Gasteiger partial charge in [-0.15, -0.1) is 0 Å².